The van der Waals surface area contributed by atoms with Crippen LogP contribution in [0.15, 0.2) is 6.20 Å². The number of hydrogen-bond acceptors (Lipinski definition) is 5. The van der Waals surface area contributed by atoms with Crippen molar-refractivity contribution in [3.05, 3.63) is 22.5 Å². The number of thiazole rings is 1. The van der Waals surface area contributed by atoms with Crippen LogP contribution in [-0.2, 0) is 13.0 Å². The molecule has 3 N–H and O–H groups in total. The van der Waals surface area contributed by atoms with Gasteiger partial charge in [0, 0.05) is 17.6 Å². The molecule has 6 nitrogen and oxygen atoms in total. The van der Waals surface area contributed by atoms with Crippen LogP contribution in [0.25, 0.3) is 0 Å². The van der Waals surface area contributed by atoms with E-state index < -0.39 is 0 Å². The van der Waals surface area contributed by atoms with Crippen LogP contribution in [0, 0.1) is 6.92 Å². The molecule has 0 saturated heterocycles. The molecule has 0 saturated carbocycles. The highest BCUT2D eigenvalue weighted by atomic mass is 32.1. The largest absolute Gasteiger partial charge is 0.396 e. The quantitative estimate of drug-likeness (QED) is 0.897. The zero-order valence-corrected chi connectivity index (χ0v) is 12.0. The summed E-state index contributed by atoms with van der Waals surface area (Å²) in [6, 6.07) is 0. The molecule has 0 atom stereocenters. The number of amides is 1. The number of nitrogen functional groups attached to an aromatic ring is 1. The molecule has 0 aliphatic rings. The summed E-state index contributed by atoms with van der Waals surface area (Å²) in [5.41, 5.74) is 7.40. The predicted molar refractivity (Wildman–Crippen MR) is 76.5 cm³/mol. The molecule has 0 radical (unpaired) electrons. The number of nitrogens with one attached hydrogen (secondary N) is 1. The Morgan fingerprint density at radius 3 is 2.79 bits per heavy atom. The van der Waals surface area contributed by atoms with Crippen LogP contribution in [0.1, 0.15) is 34.9 Å². The Hall–Kier alpha value is -1.89. The van der Waals surface area contributed by atoms with Crippen LogP contribution in [0.3, 0.4) is 0 Å². The molecule has 0 spiro atoms. The lowest BCUT2D eigenvalue weighted by Gasteiger charge is -1.98. The first kappa shape index (κ1) is 13.5. The first-order chi connectivity index (χ1) is 9.05. The van der Waals surface area contributed by atoms with E-state index in [1.165, 1.54) is 11.3 Å². The van der Waals surface area contributed by atoms with Crippen LogP contribution in [-0.4, -0.2) is 20.7 Å². The second-order valence-corrected chi connectivity index (χ2v) is 5.32. The minimum absolute atomic E-state index is 0.243. The molecule has 19 heavy (non-hydrogen) atoms. The second kappa shape index (κ2) is 5.40. The Morgan fingerprint density at radius 2 is 2.26 bits per heavy atom. The van der Waals surface area contributed by atoms with E-state index in [9.17, 15) is 4.79 Å². The molecule has 0 aromatic carbocycles. The summed E-state index contributed by atoms with van der Waals surface area (Å²) >= 11 is 1.46. The maximum atomic E-state index is 12.1. The average molecular weight is 279 g/mol. The van der Waals surface area contributed by atoms with Gasteiger partial charge in [0.2, 0.25) is 0 Å². The van der Waals surface area contributed by atoms with Gasteiger partial charge >= 0.3 is 0 Å². The molecule has 2 aromatic heterocycles. The molecule has 0 bridgehead atoms. The maximum Gasteiger partial charge on any atom is 0.280 e. The van der Waals surface area contributed by atoms with E-state index in [1.54, 1.807) is 10.9 Å². The molecule has 102 valence electrons. The lowest BCUT2D eigenvalue weighted by atomic mass is 10.3. The van der Waals surface area contributed by atoms with Gasteiger partial charge in [0.15, 0.2) is 10.8 Å². The van der Waals surface area contributed by atoms with Crippen molar-refractivity contribution in [2.75, 3.05) is 11.1 Å². The van der Waals surface area contributed by atoms with Gasteiger partial charge in [-0.05, 0) is 20.3 Å². The van der Waals surface area contributed by atoms with Crippen LogP contribution in [0.5, 0.6) is 0 Å². The standard InChI is InChI=1S/C12H17N5OS/c1-4-9-7(3)19-12(14-9)15-11(18)10-8(13)6-17(5-2)16-10/h6H,4-5,13H2,1-3H3,(H,14,15,18). The Kier molecular flexibility index (Phi) is 3.84. The van der Waals surface area contributed by atoms with Gasteiger partial charge in [-0.2, -0.15) is 5.10 Å². The first-order valence-corrected chi connectivity index (χ1v) is 6.97. The Balaban J connectivity index is 2.17. The van der Waals surface area contributed by atoms with E-state index >= 15 is 0 Å². The van der Waals surface area contributed by atoms with Crippen molar-refractivity contribution in [1.29, 1.82) is 0 Å². The number of nitrogens with zero attached hydrogens (tertiary/aromatic N) is 3. The number of carbonyl (C=O) groups is 1. The Bertz CT molecular complexity index is 601. The monoisotopic (exact) mass is 279 g/mol. The third kappa shape index (κ3) is 2.76. The SMILES string of the molecule is CCc1nc(NC(=O)c2nn(CC)cc2N)sc1C. The van der Waals surface area contributed by atoms with E-state index in [1.807, 2.05) is 20.8 Å². The normalized spacial score (nSPS) is 10.7. The van der Waals surface area contributed by atoms with Crippen molar-refractivity contribution in [3.63, 3.8) is 0 Å². The third-order valence-corrected chi connectivity index (χ3v) is 3.71. The fourth-order valence-electron chi connectivity index (χ4n) is 1.74. The van der Waals surface area contributed by atoms with Crippen molar-refractivity contribution < 1.29 is 4.79 Å². The van der Waals surface area contributed by atoms with Crippen molar-refractivity contribution in [2.45, 2.75) is 33.7 Å². The van der Waals surface area contributed by atoms with Gasteiger partial charge in [-0.3, -0.25) is 14.8 Å². The molecule has 0 fully saturated rings. The molecule has 0 aliphatic carbocycles. The summed E-state index contributed by atoms with van der Waals surface area (Å²) in [6.07, 6.45) is 2.50. The number of aromatic nitrogens is 3. The third-order valence-electron chi connectivity index (χ3n) is 2.78. The fourth-order valence-corrected chi connectivity index (χ4v) is 2.64. The van der Waals surface area contributed by atoms with Crippen molar-refractivity contribution in [2.24, 2.45) is 0 Å². The molecular weight excluding hydrogens is 262 g/mol. The van der Waals surface area contributed by atoms with Gasteiger partial charge in [-0.1, -0.05) is 6.92 Å². The van der Waals surface area contributed by atoms with Crippen molar-refractivity contribution in [3.8, 4) is 0 Å². The molecule has 2 rings (SSSR count). The van der Waals surface area contributed by atoms with Crippen molar-refractivity contribution >= 4 is 28.1 Å². The maximum absolute atomic E-state index is 12.1. The fraction of sp³-hybridized carbons (Fsp3) is 0.417. The van der Waals surface area contributed by atoms with Crippen LogP contribution in [0.4, 0.5) is 10.8 Å². The highest BCUT2D eigenvalue weighted by Crippen LogP contribution is 2.23. The lowest BCUT2D eigenvalue weighted by Crippen LogP contribution is -2.14. The summed E-state index contributed by atoms with van der Waals surface area (Å²) in [6.45, 7) is 6.64. The van der Waals surface area contributed by atoms with Crippen LogP contribution >= 0.6 is 11.3 Å². The second-order valence-electron chi connectivity index (χ2n) is 4.12. The van der Waals surface area contributed by atoms with Crippen molar-refractivity contribution in [1.82, 2.24) is 14.8 Å². The molecule has 1 amide bonds. The zero-order valence-electron chi connectivity index (χ0n) is 11.2. The summed E-state index contributed by atoms with van der Waals surface area (Å²) in [7, 11) is 0. The summed E-state index contributed by atoms with van der Waals surface area (Å²) in [4.78, 5) is 17.5. The number of nitrogens with two attached hydrogens (primary N) is 1. The molecule has 2 heterocycles. The average Bonchev–Trinajstić information content (AvgIpc) is 2.92. The van der Waals surface area contributed by atoms with E-state index in [-0.39, 0.29) is 11.6 Å². The lowest BCUT2D eigenvalue weighted by molar-refractivity contribution is 0.102. The predicted octanol–water partition coefficient (Wildman–Crippen LogP) is 2.06. The smallest absolute Gasteiger partial charge is 0.280 e. The number of anilines is 2. The van der Waals surface area contributed by atoms with Gasteiger partial charge in [-0.25, -0.2) is 4.98 Å². The summed E-state index contributed by atoms with van der Waals surface area (Å²) in [5.74, 6) is -0.318. The van der Waals surface area contributed by atoms with Gasteiger partial charge in [0.25, 0.3) is 5.91 Å². The molecule has 0 unspecified atom stereocenters. The topological polar surface area (TPSA) is 85.8 Å². The molecule has 2 aromatic rings. The van der Waals surface area contributed by atoms with E-state index in [4.69, 9.17) is 5.73 Å². The van der Waals surface area contributed by atoms with Crippen LogP contribution < -0.4 is 11.1 Å². The minimum Gasteiger partial charge on any atom is -0.396 e. The highest BCUT2D eigenvalue weighted by Gasteiger charge is 2.16. The van der Waals surface area contributed by atoms with E-state index in [2.05, 4.69) is 15.4 Å². The van der Waals surface area contributed by atoms with E-state index in [0.29, 0.717) is 17.4 Å². The molecule has 0 aliphatic heterocycles. The number of aryl methyl sites for hydroxylation is 3. The van der Waals surface area contributed by atoms with E-state index in [0.717, 1.165) is 17.0 Å². The Labute approximate surface area is 115 Å². The van der Waals surface area contributed by atoms with Gasteiger partial charge in [0.05, 0.1) is 11.4 Å². The number of rotatable bonds is 4. The number of carbonyl (C=O) groups excluding carboxylic acids is 1. The summed E-state index contributed by atoms with van der Waals surface area (Å²) in [5, 5.41) is 7.46. The van der Waals surface area contributed by atoms with Crippen LogP contribution in [0.2, 0.25) is 0 Å². The highest BCUT2D eigenvalue weighted by molar-refractivity contribution is 7.15. The molecule has 7 heteroatoms. The van der Waals surface area contributed by atoms with Gasteiger partial charge in [-0.15, -0.1) is 11.3 Å². The first-order valence-electron chi connectivity index (χ1n) is 6.15. The number of hydrogen-bond donors (Lipinski definition) is 2. The molecular formula is C12H17N5OS. The zero-order chi connectivity index (χ0) is 14.0. The van der Waals surface area contributed by atoms with Gasteiger partial charge in [0.1, 0.15) is 0 Å². The summed E-state index contributed by atoms with van der Waals surface area (Å²) < 4.78 is 1.63. The van der Waals surface area contributed by atoms with Gasteiger partial charge < -0.3 is 5.73 Å². The Morgan fingerprint density at radius 1 is 1.53 bits per heavy atom. The minimum atomic E-state index is -0.318.